The first-order valence-corrected chi connectivity index (χ1v) is 7.64. The Labute approximate surface area is 129 Å². The zero-order chi connectivity index (χ0) is 15.5. The summed E-state index contributed by atoms with van der Waals surface area (Å²) in [4.78, 5) is 8.57. The van der Waals surface area contributed by atoms with Crippen LogP contribution in [0.1, 0.15) is 43.6 Å². The minimum Gasteiger partial charge on any atom is -0.369 e. The van der Waals surface area contributed by atoms with Gasteiger partial charge in [0.2, 0.25) is 0 Å². The number of aromatic nitrogens is 2. The Kier molecular flexibility index (Phi) is 5.43. The second kappa shape index (κ2) is 6.91. The van der Waals surface area contributed by atoms with E-state index in [1.807, 2.05) is 6.92 Å². The fraction of sp³-hybridized carbons (Fsp3) is 0.692. The number of hydrogen-bond donors (Lipinski definition) is 1. The van der Waals surface area contributed by atoms with Crippen molar-refractivity contribution in [3.8, 4) is 0 Å². The van der Waals surface area contributed by atoms with Crippen LogP contribution in [0.25, 0.3) is 0 Å². The first kappa shape index (κ1) is 16.5. The predicted molar refractivity (Wildman–Crippen MR) is 76.2 cm³/mol. The van der Waals surface area contributed by atoms with E-state index in [2.05, 4.69) is 36.0 Å². The van der Waals surface area contributed by atoms with Gasteiger partial charge in [-0.15, -0.1) is 0 Å². The molecule has 0 aliphatic heterocycles. The van der Waals surface area contributed by atoms with Gasteiger partial charge < -0.3 is 10.1 Å². The summed E-state index contributed by atoms with van der Waals surface area (Å²) in [7, 11) is 0. The molecule has 0 bridgehead atoms. The highest BCUT2D eigenvalue weighted by atomic mass is 79.9. The van der Waals surface area contributed by atoms with Crippen molar-refractivity contribution in [1.82, 2.24) is 9.97 Å². The SMILES string of the molecule is CCCNc1nc(COCC(F)(F)F)nc(C2CC2)c1Br. The molecule has 0 aromatic carbocycles. The smallest absolute Gasteiger partial charge is 0.369 e. The number of alkyl halides is 3. The van der Waals surface area contributed by atoms with Crippen LogP contribution in [0.3, 0.4) is 0 Å². The van der Waals surface area contributed by atoms with Gasteiger partial charge in [0.05, 0.1) is 10.2 Å². The molecular formula is C13H17BrF3N3O. The topological polar surface area (TPSA) is 47.0 Å². The van der Waals surface area contributed by atoms with E-state index in [1.165, 1.54) is 0 Å². The molecule has 1 saturated carbocycles. The van der Waals surface area contributed by atoms with Crippen molar-refractivity contribution in [2.45, 2.75) is 44.9 Å². The van der Waals surface area contributed by atoms with E-state index in [0.717, 1.165) is 36.0 Å². The first-order valence-electron chi connectivity index (χ1n) is 6.85. The lowest BCUT2D eigenvalue weighted by Gasteiger charge is -2.13. The average molecular weight is 368 g/mol. The van der Waals surface area contributed by atoms with Crippen LogP contribution in [-0.4, -0.2) is 29.3 Å². The average Bonchev–Trinajstić information content (AvgIpc) is 3.21. The number of nitrogens with one attached hydrogen (secondary N) is 1. The Bertz CT molecular complexity index is 492. The van der Waals surface area contributed by atoms with Gasteiger partial charge in [-0.2, -0.15) is 13.2 Å². The molecule has 0 spiro atoms. The molecule has 0 unspecified atom stereocenters. The molecule has 0 atom stereocenters. The van der Waals surface area contributed by atoms with Crippen LogP contribution in [0.15, 0.2) is 4.47 Å². The Morgan fingerprint density at radius 2 is 2.05 bits per heavy atom. The van der Waals surface area contributed by atoms with Gasteiger partial charge in [-0.3, -0.25) is 0 Å². The van der Waals surface area contributed by atoms with Crippen LogP contribution >= 0.6 is 15.9 Å². The van der Waals surface area contributed by atoms with E-state index < -0.39 is 12.8 Å². The van der Waals surface area contributed by atoms with Gasteiger partial charge in [-0.1, -0.05) is 6.92 Å². The van der Waals surface area contributed by atoms with Gasteiger partial charge in [-0.25, -0.2) is 9.97 Å². The van der Waals surface area contributed by atoms with Crippen molar-refractivity contribution in [2.24, 2.45) is 0 Å². The molecule has 1 aromatic rings. The molecule has 1 aromatic heterocycles. The highest BCUT2D eigenvalue weighted by molar-refractivity contribution is 9.10. The largest absolute Gasteiger partial charge is 0.411 e. The number of ether oxygens (including phenoxy) is 1. The Balaban J connectivity index is 2.10. The zero-order valence-electron chi connectivity index (χ0n) is 11.6. The molecule has 0 radical (unpaired) electrons. The van der Waals surface area contributed by atoms with Gasteiger partial charge in [-0.05, 0) is 35.2 Å². The summed E-state index contributed by atoms with van der Waals surface area (Å²) in [6, 6.07) is 0. The maximum Gasteiger partial charge on any atom is 0.411 e. The van der Waals surface area contributed by atoms with Crippen molar-refractivity contribution in [3.05, 3.63) is 16.0 Å². The summed E-state index contributed by atoms with van der Waals surface area (Å²) >= 11 is 3.48. The molecule has 0 saturated heterocycles. The molecule has 1 aliphatic rings. The minimum absolute atomic E-state index is 0.243. The molecule has 1 aliphatic carbocycles. The lowest BCUT2D eigenvalue weighted by molar-refractivity contribution is -0.177. The molecule has 4 nitrogen and oxygen atoms in total. The molecular weight excluding hydrogens is 351 g/mol. The summed E-state index contributed by atoms with van der Waals surface area (Å²) in [5, 5.41) is 3.16. The molecule has 21 heavy (non-hydrogen) atoms. The van der Waals surface area contributed by atoms with Crippen LogP contribution in [-0.2, 0) is 11.3 Å². The van der Waals surface area contributed by atoms with Crippen molar-refractivity contribution >= 4 is 21.7 Å². The van der Waals surface area contributed by atoms with E-state index in [0.29, 0.717) is 11.7 Å². The standard InChI is InChI=1S/C13H17BrF3N3O/c1-2-5-18-12-10(14)11(8-3-4-8)19-9(20-12)6-21-7-13(15,16)17/h8H,2-7H2,1H3,(H,18,19,20). The van der Waals surface area contributed by atoms with Gasteiger partial charge in [0.15, 0.2) is 5.82 Å². The molecule has 2 rings (SSSR count). The normalized spacial score (nSPS) is 15.3. The summed E-state index contributed by atoms with van der Waals surface area (Å²) in [6.45, 7) is 1.23. The van der Waals surface area contributed by atoms with E-state index in [-0.39, 0.29) is 12.4 Å². The Morgan fingerprint density at radius 3 is 2.62 bits per heavy atom. The Morgan fingerprint density at radius 1 is 1.33 bits per heavy atom. The highest BCUT2D eigenvalue weighted by Crippen LogP contribution is 2.43. The van der Waals surface area contributed by atoms with Crippen LogP contribution in [0.5, 0.6) is 0 Å². The fourth-order valence-electron chi connectivity index (χ4n) is 1.82. The van der Waals surface area contributed by atoms with Crippen molar-refractivity contribution in [1.29, 1.82) is 0 Å². The maximum atomic E-state index is 12.1. The Hall–Kier alpha value is -0.890. The fourth-order valence-corrected chi connectivity index (χ4v) is 2.46. The molecule has 1 fully saturated rings. The number of hydrogen-bond acceptors (Lipinski definition) is 4. The zero-order valence-corrected chi connectivity index (χ0v) is 13.2. The second-order valence-corrected chi connectivity index (χ2v) is 5.79. The highest BCUT2D eigenvalue weighted by Gasteiger charge is 2.30. The van der Waals surface area contributed by atoms with E-state index in [4.69, 9.17) is 0 Å². The van der Waals surface area contributed by atoms with Crippen LogP contribution in [0, 0.1) is 0 Å². The van der Waals surface area contributed by atoms with Crippen LogP contribution in [0.4, 0.5) is 19.0 Å². The number of anilines is 1. The van der Waals surface area contributed by atoms with Crippen LogP contribution in [0.2, 0.25) is 0 Å². The molecule has 1 heterocycles. The minimum atomic E-state index is -4.34. The third-order valence-corrected chi connectivity index (χ3v) is 3.71. The third-order valence-electron chi connectivity index (χ3n) is 2.93. The number of nitrogens with zero attached hydrogens (tertiary/aromatic N) is 2. The van der Waals surface area contributed by atoms with Crippen molar-refractivity contribution in [3.63, 3.8) is 0 Å². The van der Waals surface area contributed by atoms with E-state index in [9.17, 15) is 13.2 Å². The van der Waals surface area contributed by atoms with E-state index >= 15 is 0 Å². The lowest BCUT2D eigenvalue weighted by Crippen LogP contribution is -2.18. The summed E-state index contributed by atoms with van der Waals surface area (Å²) in [6.07, 6.45) is -1.32. The molecule has 1 N–H and O–H groups in total. The van der Waals surface area contributed by atoms with Crippen molar-refractivity contribution in [2.75, 3.05) is 18.5 Å². The lowest BCUT2D eigenvalue weighted by atomic mass is 10.2. The maximum absolute atomic E-state index is 12.1. The van der Waals surface area contributed by atoms with Gasteiger partial charge >= 0.3 is 6.18 Å². The third kappa shape index (κ3) is 5.10. The van der Waals surface area contributed by atoms with Gasteiger partial charge in [0.1, 0.15) is 19.0 Å². The quantitative estimate of drug-likeness (QED) is 0.790. The van der Waals surface area contributed by atoms with Crippen molar-refractivity contribution < 1.29 is 17.9 Å². The molecule has 0 amide bonds. The number of halogens is 4. The monoisotopic (exact) mass is 367 g/mol. The van der Waals surface area contributed by atoms with Gasteiger partial charge in [0, 0.05) is 12.5 Å². The molecule has 118 valence electrons. The summed E-state index contributed by atoms with van der Waals surface area (Å²) < 4.78 is 41.7. The van der Waals surface area contributed by atoms with Gasteiger partial charge in [0.25, 0.3) is 0 Å². The first-order chi connectivity index (χ1) is 9.90. The summed E-state index contributed by atoms with van der Waals surface area (Å²) in [5.74, 6) is 1.27. The second-order valence-electron chi connectivity index (χ2n) is 5.00. The van der Waals surface area contributed by atoms with Crippen LogP contribution < -0.4 is 5.32 Å². The van der Waals surface area contributed by atoms with E-state index in [1.54, 1.807) is 0 Å². The summed E-state index contributed by atoms with van der Waals surface area (Å²) in [5.41, 5.74) is 0.856. The molecule has 8 heteroatoms. The number of rotatable bonds is 7. The predicted octanol–water partition coefficient (Wildman–Crippen LogP) is 4.02.